The number of hydrogen-bond acceptors (Lipinski definition) is 5. The second kappa shape index (κ2) is 3.66. The van der Waals surface area contributed by atoms with Crippen LogP contribution in [0.4, 0.5) is 0 Å². The number of carbonyl (C=O) groups is 1. The Balaban J connectivity index is 2.99. The standard InChI is InChI=1S/C8H8N2O3/c9-4-13-8-6(12)2-1-5(3-11)7(8)10/h1-5,9-10,12H. The van der Waals surface area contributed by atoms with Gasteiger partial charge in [0, 0.05) is 0 Å². The van der Waals surface area contributed by atoms with E-state index in [4.69, 9.17) is 10.8 Å². The Kier molecular flexibility index (Phi) is 2.59. The van der Waals surface area contributed by atoms with E-state index in [1.807, 2.05) is 0 Å². The predicted molar refractivity (Wildman–Crippen MR) is 45.9 cm³/mol. The van der Waals surface area contributed by atoms with E-state index in [0.717, 1.165) is 0 Å². The number of carbonyl (C=O) groups excluding carboxylic acids is 1. The molecule has 0 aromatic heterocycles. The van der Waals surface area contributed by atoms with Gasteiger partial charge < -0.3 is 20.0 Å². The molecule has 0 amide bonds. The molecular weight excluding hydrogens is 172 g/mol. The fourth-order valence-corrected chi connectivity index (χ4v) is 0.952. The van der Waals surface area contributed by atoms with E-state index >= 15 is 0 Å². The molecule has 1 rings (SSSR count). The lowest BCUT2D eigenvalue weighted by atomic mass is 9.98. The maximum Gasteiger partial charge on any atom is 0.192 e. The van der Waals surface area contributed by atoms with Gasteiger partial charge in [-0.25, -0.2) is 0 Å². The van der Waals surface area contributed by atoms with Crippen molar-refractivity contribution in [3.05, 3.63) is 23.7 Å². The number of ether oxygens (including phenoxy) is 1. The minimum Gasteiger partial charge on any atom is -0.504 e. The zero-order valence-electron chi connectivity index (χ0n) is 6.65. The summed E-state index contributed by atoms with van der Waals surface area (Å²) in [5, 5.41) is 23.2. The van der Waals surface area contributed by atoms with Gasteiger partial charge in [0.15, 0.2) is 17.9 Å². The largest absolute Gasteiger partial charge is 0.504 e. The first-order valence-corrected chi connectivity index (χ1v) is 3.52. The molecule has 1 atom stereocenters. The van der Waals surface area contributed by atoms with E-state index < -0.39 is 5.92 Å². The van der Waals surface area contributed by atoms with Crippen molar-refractivity contribution in [2.75, 3.05) is 0 Å². The third-order valence-corrected chi connectivity index (χ3v) is 1.60. The van der Waals surface area contributed by atoms with Crippen molar-refractivity contribution in [2.24, 2.45) is 5.92 Å². The molecule has 13 heavy (non-hydrogen) atoms. The number of nitrogens with one attached hydrogen (secondary N) is 2. The first-order chi connectivity index (χ1) is 6.20. The highest BCUT2D eigenvalue weighted by Crippen LogP contribution is 2.18. The summed E-state index contributed by atoms with van der Waals surface area (Å²) in [5.74, 6) is -1.09. The summed E-state index contributed by atoms with van der Waals surface area (Å²) in [6.45, 7) is 0. The molecule has 0 aromatic rings. The Labute approximate surface area is 74.3 Å². The van der Waals surface area contributed by atoms with Crippen LogP contribution in [0.15, 0.2) is 23.7 Å². The number of rotatable bonds is 3. The van der Waals surface area contributed by atoms with Gasteiger partial charge in [-0.15, -0.1) is 0 Å². The fraction of sp³-hybridized carbons (Fsp3) is 0.125. The second-order valence-electron chi connectivity index (χ2n) is 2.38. The van der Waals surface area contributed by atoms with Crippen LogP contribution in [0.1, 0.15) is 0 Å². The molecule has 0 aromatic carbocycles. The molecule has 3 N–H and O–H groups in total. The molecular formula is C8H8N2O3. The molecule has 1 unspecified atom stereocenters. The zero-order valence-corrected chi connectivity index (χ0v) is 6.65. The van der Waals surface area contributed by atoms with Gasteiger partial charge in [-0.1, -0.05) is 6.08 Å². The molecule has 5 nitrogen and oxygen atoms in total. The SMILES string of the molecule is N=COC1=C(O)C=CC(C=O)C1=N. The number of allylic oxidation sites excluding steroid dienone is 3. The van der Waals surface area contributed by atoms with Crippen molar-refractivity contribution < 1.29 is 14.6 Å². The molecule has 1 aliphatic carbocycles. The van der Waals surface area contributed by atoms with Gasteiger partial charge in [-0.05, 0) is 6.08 Å². The molecule has 0 bridgehead atoms. The monoisotopic (exact) mass is 180 g/mol. The zero-order chi connectivity index (χ0) is 9.84. The molecule has 0 aliphatic heterocycles. The van der Waals surface area contributed by atoms with E-state index in [1.54, 1.807) is 0 Å². The third-order valence-electron chi connectivity index (χ3n) is 1.60. The topological polar surface area (TPSA) is 94.2 Å². The summed E-state index contributed by atoms with van der Waals surface area (Å²) >= 11 is 0. The normalized spacial score (nSPS) is 21.5. The molecule has 0 fully saturated rings. The highest BCUT2D eigenvalue weighted by molar-refractivity contribution is 6.08. The minimum atomic E-state index is -0.703. The lowest BCUT2D eigenvalue weighted by Crippen LogP contribution is -2.21. The van der Waals surface area contributed by atoms with Crippen molar-refractivity contribution in [1.82, 2.24) is 0 Å². The van der Waals surface area contributed by atoms with Crippen molar-refractivity contribution in [2.45, 2.75) is 0 Å². The van der Waals surface area contributed by atoms with Crippen LogP contribution in [0, 0.1) is 16.7 Å². The summed E-state index contributed by atoms with van der Waals surface area (Å²) in [6.07, 6.45) is 3.83. The van der Waals surface area contributed by atoms with Gasteiger partial charge in [0.1, 0.15) is 6.29 Å². The minimum absolute atomic E-state index is 0.140. The van der Waals surface area contributed by atoms with Gasteiger partial charge in [0.2, 0.25) is 0 Å². The molecule has 5 heteroatoms. The summed E-state index contributed by atoms with van der Waals surface area (Å²) in [4.78, 5) is 10.4. The molecule has 0 saturated heterocycles. The summed E-state index contributed by atoms with van der Waals surface area (Å²) < 4.78 is 4.58. The molecule has 68 valence electrons. The first kappa shape index (κ1) is 9.18. The Morgan fingerprint density at radius 3 is 2.85 bits per heavy atom. The Morgan fingerprint density at radius 2 is 2.31 bits per heavy atom. The van der Waals surface area contributed by atoms with Crippen LogP contribution in [-0.2, 0) is 9.53 Å². The van der Waals surface area contributed by atoms with Crippen LogP contribution in [0.25, 0.3) is 0 Å². The quantitative estimate of drug-likeness (QED) is 0.340. The number of hydrogen-bond donors (Lipinski definition) is 3. The first-order valence-electron chi connectivity index (χ1n) is 3.52. The Hall–Kier alpha value is -1.91. The number of aliphatic hydroxyl groups excluding tert-OH is 1. The summed E-state index contributed by atoms with van der Waals surface area (Å²) in [6, 6.07) is 0. The van der Waals surface area contributed by atoms with E-state index in [1.165, 1.54) is 12.2 Å². The third kappa shape index (κ3) is 1.64. The van der Waals surface area contributed by atoms with Crippen molar-refractivity contribution >= 4 is 18.4 Å². The van der Waals surface area contributed by atoms with Gasteiger partial charge in [-0.2, -0.15) is 0 Å². The van der Waals surface area contributed by atoms with Crippen LogP contribution >= 0.6 is 0 Å². The van der Waals surface area contributed by atoms with Gasteiger partial charge in [0.25, 0.3) is 0 Å². The Morgan fingerprint density at radius 1 is 1.62 bits per heavy atom. The summed E-state index contributed by atoms with van der Waals surface area (Å²) in [7, 11) is 0. The second-order valence-corrected chi connectivity index (χ2v) is 2.38. The number of aliphatic hydroxyl groups is 1. The lowest BCUT2D eigenvalue weighted by molar-refractivity contribution is -0.108. The van der Waals surface area contributed by atoms with Gasteiger partial charge >= 0.3 is 0 Å². The van der Waals surface area contributed by atoms with Crippen LogP contribution in [0.2, 0.25) is 0 Å². The van der Waals surface area contributed by atoms with Gasteiger partial charge in [-0.3, -0.25) is 5.41 Å². The fourth-order valence-electron chi connectivity index (χ4n) is 0.952. The number of aldehydes is 1. The Bertz CT molecular complexity index is 317. The van der Waals surface area contributed by atoms with Crippen LogP contribution < -0.4 is 0 Å². The maximum absolute atomic E-state index is 10.4. The van der Waals surface area contributed by atoms with Crippen molar-refractivity contribution in [1.29, 1.82) is 10.8 Å². The van der Waals surface area contributed by atoms with E-state index in [0.29, 0.717) is 12.7 Å². The van der Waals surface area contributed by atoms with E-state index in [2.05, 4.69) is 4.74 Å². The van der Waals surface area contributed by atoms with Crippen LogP contribution in [0.5, 0.6) is 0 Å². The van der Waals surface area contributed by atoms with Crippen molar-refractivity contribution in [3.63, 3.8) is 0 Å². The van der Waals surface area contributed by atoms with E-state index in [-0.39, 0.29) is 17.2 Å². The molecule has 0 saturated carbocycles. The average Bonchev–Trinajstić information content (AvgIpc) is 2.12. The van der Waals surface area contributed by atoms with Crippen LogP contribution in [0.3, 0.4) is 0 Å². The molecule has 0 radical (unpaired) electrons. The predicted octanol–water partition coefficient (Wildman–Crippen LogP) is 0.784. The highest BCUT2D eigenvalue weighted by Gasteiger charge is 2.23. The molecule has 0 spiro atoms. The summed E-state index contributed by atoms with van der Waals surface area (Å²) in [5.41, 5.74) is -0.140. The molecule has 0 heterocycles. The van der Waals surface area contributed by atoms with Crippen molar-refractivity contribution in [3.8, 4) is 0 Å². The lowest BCUT2D eigenvalue weighted by Gasteiger charge is -2.15. The highest BCUT2D eigenvalue weighted by atomic mass is 16.5. The molecule has 1 aliphatic rings. The average molecular weight is 180 g/mol. The van der Waals surface area contributed by atoms with E-state index in [9.17, 15) is 9.90 Å². The smallest absolute Gasteiger partial charge is 0.192 e. The van der Waals surface area contributed by atoms with Gasteiger partial charge in [0.05, 0.1) is 11.6 Å². The maximum atomic E-state index is 10.4. The van der Waals surface area contributed by atoms with Crippen LogP contribution in [-0.4, -0.2) is 23.5 Å².